The highest BCUT2D eigenvalue weighted by atomic mass is 79.9. The number of methoxy groups -OCH3 is 1. The second kappa shape index (κ2) is 12.9. The van der Waals surface area contributed by atoms with E-state index in [0.717, 1.165) is 5.39 Å². The molecule has 1 amide bonds. The highest BCUT2D eigenvalue weighted by Crippen LogP contribution is 2.38. The Morgan fingerprint density at radius 2 is 1.69 bits per heavy atom. The maximum atomic E-state index is 13.4. The number of hydrogen-bond acceptors (Lipinski definition) is 5. The molecule has 7 nitrogen and oxygen atoms in total. The van der Waals surface area contributed by atoms with E-state index in [9.17, 15) is 9.59 Å². The maximum Gasteiger partial charge on any atom is 0.347 e. The SMILES string of the molecule is COc1ccc(Cl)cc1C(=O)Oc1c(Br)cc(Br)cc1C=NNC(=O)c1[nH]c2ccc(Cl)cc2c1-c1ccccc1Cl. The van der Waals surface area contributed by atoms with Crippen molar-refractivity contribution in [2.24, 2.45) is 5.10 Å². The predicted molar refractivity (Wildman–Crippen MR) is 174 cm³/mol. The van der Waals surface area contributed by atoms with Crippen LogP contribution in [0, 0.1) is 0 Å². The zero-order valence-corrected chi connectivity index (χ0v) is 26.9. The van der Waals surface area contributed by atoms with E-state index < -0.39 is 11.9 Å². The van der Waals surface area contributed by atoms with Gasteiger partial charge in [0.05, 0.1) is 17.8 Å². The molecule has 0 spiro atoms. The van der Waals surface area contributed by atoms with Gasteiger partial charge in [0.25, 0.3) is 5.91 Å². The number of amides is 1. The van der Waals surface area contributed by atoms with Gasteiger partial charge in [-0.2, -0.15) is 5.10 Å². The summed E-state index contributed by atoms with van der Waals surface area (Å²) in [7, 11) is 1.44. The molecule has 0 saturated carbocycles. The van der Waals surface area contributed by atoms with E-state index in [2.05, 4.69) is 47.4 Å². The topological polar surface area (TPSA) is 92.8 Å². The number of hydrogen-bond donors (Lipinski definition) is 2. The van der Waals surface area contributed by atoms with E-state index in [1.807, 2.05) is 12.1 Å². The van der Waals surface area contributed by atoms with Crippen LogP contribution < -0.4 is 14.9 Å². The van der Waals surface area contributed by atoms with Crippen molar-refractivity contribution in [1.82, 2.24) is 10.4 Å². The highest BCUT2D eigenvalue weighted by Gasteiger charge is 2.22. The third-order valence-electron chi connectivity index (χ3n) is 6.11. The van der Waals surface area contributed by atoms with E-state index >= 15 is 0 Å². The lowest BCUT2D eigenvalue weighted by molar-refractivity contribution is 0.0729. The van der Waals surface area contributed by atoms with Crippen molar-refractivity contribution >= 4 is 95.7 Å². The van der Waals surface area contributed by atoms with Crippen molar-refractivity contribution in [3.8, 4) is 22.6 Å². The average molecular weight is 751 g/mol. The van der Waals surface area contributed by atoms with Crippen molar-refractivity contribution in [1.29, 1.82) is 0 Å². The number of halogens is 5. The number of benzene rings is 4. The molecule has 0 fully saturated rings. The van der Waals surface area contributed by atoms with Gasteiger partial charge in [0, 0.05) is 47.1 Å². The molecule has 0 aliphatic heterocycles. The van der Waals surface area contributed by atoms with E-state index in [1.165, 1.54) is 19.4 Å². The van der Waals surface area contributed by atoms with Gasteiger partial charge in [0.2, 0.25) is 0 Å². The number of aromatic amines is 1. The van der Waals surface area contributed by atoms with Crippen molar-refractivity contribution < 1.29 is 19.1 Å². The molecule has 0 bridgehead atoms. The first kappa shape index (κ1) is 30.1. The molecule has 12 heteroatoms. The molecule has 0 unspecified atom stereocenters. The maximum absolute atomic E-state index is 13.4. The Morgan fingerprint density at radius 1 is 0.952 bits per heavy atom. The summed E-state index contributed by atoms with van der Waals surface area (Å²) in [6, 6.07) is 20.5. The Balaban J connectivity index is 1.46. The first-order chi connectivity index (χ1) is 20.2. The number of nitrogens with zero attached hydrogens (tertiary/aromatic N) is 1. The number of carbonyl (C=O) groups excluding carboxylic acids is 2. The number of rotatable bonds is 7. The summed E-state index contributed by atoms with van der Waals surface area (Å²) in [6.07, 6.45) is 1.36. The average Bonchev–Trinajstić information content (AvgIpc) is 3.33. The van der Waals surface area contributed by atoms with Gasteiger partial charge < -0.3 is 14.5 Å². The molecule has 212 valence electrons. The summed E-state index contributed by atoms with van der Waals surface area (Å²) in [5.41, 5.74) is 5.26. The van der Waals surface area contributed by atoms with E-state index in [-0.39, 0.29) is 17.0 Å². The van der Waals surface area contributed by atoms with Gasteiger partial charge in [-0.15, -0.1) is 0 Å². The molecule has 0 aliphatic rings. The van der Waals surface area contributed by atoms with Crippen LogP contribution in [0.2, 0.25) is 15.1 Å². The van der Waals surface area contributed by atoms with E-state index in [4.69, 9.17) is 44.3 Å². The van der Waals surface area contributed by atoms with Gasteiger partial charge in [-0.05, 0) is 70.5 Å². The number of ether oxygens (including phenoxy) is 2. The van der Waals surface area contributed by atoms with Crippen molar-refractivity contribution in [2.45, 2.75) is 0 Å². The molecule has 0 saturated heterocycles. The van der Waals surface area contributed by atoms with Crippen molar-refractivity contribution in [2.75, 3.05) is 7.11 Å². The number of esters is 1. The molecule has 42 heavy (non-hydrogen) atoms. The first-order valence-electron chi connectivity index (χ1n) is 12.1. The van der Waals surface area contributed by atoms with Crippen LogP contribution in [0.5, 0.6) is 11.5 Å². The lowest BCUT2D eigenvalue weighted by atomic mass is 10.0. The Bertz CT molecular complexity index is 1890. The monoisotopic (exact) mass is 747 g/mol. The number of H-pyrrole nitrogens is 1. The van der Waals surface area contributed by atoms with Gasteiger partial charge in [0.15, 0.2) is 5.75 Å². The van der Waals surface area contributed by atoms with Crippen LogP contribution in [0.15, 0.2) is 86.8 Å². The fraction of sp³-hybridized carbons (Fsp3) is 0.0333. The first-order valence-corrected chi connectivity index (χ1v) is 14.8. The number of carbonyl (C=O) groups is 2. The molecule has 4 aromatic carbocycles. The molecule has 2 N–H and O–H groups in total. The van der Waals surface area contributed by atoms with Crippen LogP contribution in [-0.4, -0.2) is 30.2 Å². The molecular formula is C30H18Br2Cl3N3O4. The van der Waals surface area contributed by atoms with Gasteiger partial charge in [0.1, 0.15) is 17.0 Å². The fourth-order valence-corrected chi connectivity index (χ4v) is 6.18. The summed E-state index contributed by atoms with van der Waals surface area (Å²) < 4.78 is 12.1. The minimum absolute atomic E-state index is 0.141. The molecular weight excluding hydrogens is 733 g/mol. The molecule has 0 atom stereocenters. The van der Waals surface area contributed by atoms with E-state index in [0.29, 0.717) is 52.0 Å². The summed E-state index contributed by atoms with van der Waals surface area (Å²) >= 11 is 25.7. The Labute approximate surface area is 272 Å². The standard InChI is InChI=1S/C30H18Br2Cl3N3O4/c1-41-25-9-7-18(34)13-21(25)30(40)42-28-15(10-16(31)11-22(28)32)14-36-38-29(39)27-26(19-4-2-3-5-23(19)35)20-12-17(33)6-8-24(20)37-27/h2-14,37H,1H3,(H,38,39). The van der Waals surface area contributed by atoms with Crippen LogP contribution in [0.4, 0.5) is 0 Å². The molecule has 5 rings (SSSR count). The van der Waals surface area contributed by atoms with Crippen LogP contribution in [0.1, 0.15) is 26.4 Å². The van der Waals surface area contributed by atoms with E-state index in [1.54, 1.807) is 54.6 Å². The smallest absolute Gasteiger partial charge is 0.347 e. The van der Waals surface area contributed by atoms with Gasteiger partial charge >= 0.3 is 5.97 Å². The predicted octanol–water partition coefficient (Wildman–Crippen LogP) is 9.31. The molecule has 1 aromatic heterocycles. The molecule has 0 aliphatic carbocycles. The Morgan fingerprint density at radius 3 is 2.45 bits per heavy atom. The summed E-state index contributed by atoms with van der Waals surface area (Å²) in [5.74, 6) is -0.753. The Kier molecular flexibility index (Phi) is 9.25. The number of hydrazone groups is 1. The third kappa shape index (κ3) is 6.35. The molecule has 1 heterocycles. The largest absolute Gasteiger partial charge is 0.496 e. The zero-order valence-electron chi connectivity index (χ0n) is 21.5. The summed E-state index contributed by atoms with van der Waals surface area (Å²) in [5, 5.41) is 6.21. The third-order valence-corrected chi connectivity index (χ3v) is 7.96. The van der Waals surface area contributed by atoms with Gasteiger partial charge in [-0.1, -0.05) is 68.9 Å². The number of nitrogens with one attached hydrogen (secondary N) is 2. The van der Waals surface area contributed by atoms with Crippen LogP contribution >= 0.6 is 66.7 Å². The fourth-order valence-electron chi connectivity index (χ4n) is 4.27. The van der Waals surface area contributed by atoms with Crippen LogP contribution in [0.25, 0.3) is 22.0 Å². The van der Waals surface area contributed by atoms with Gasteiger partial charge in [-0.25, -0.2) is 10.2 Å². The van der Waals surface area contributed by atoms with Crippen LogP contribution in [0.3, 0.4) is 0 Å². The quantitative estimate of drug-likeness (QED) is 0.0751. The minimum atomic E-state index is -0.697. The molecule has 0 radical (unpaired) electrons. The summed E-state index contributed by atoms with van der Waals surface area (Å²) in [6.45, 7) is 0. The second-order valence-electron chi connectivity index (χ2n) is 8.78. The summed E-state index contributed by atoms with van der Waals surface area (Å²) in [4.78, 5) is 29.6. The number of aromatic nitrogens is 1. The normalized spacial score (nSPS) is 11.2. The zero-order chi connectivity index (χ0) is 30.0. The van der Waals surface area contributed by atoms with Gasteiger partial charge in [-0.3, -0.25) is 4.79 Å². The van der Waals surface area contributed by atoms with Crippen molar-refractivity contribution in [3.63, 3.8) is 0 Å². The number of fused-ring (bicyclic) bond motifs is 1. The van der Waals surface area contributed by atoms with Crippen LogP contribution in [-0.2, 0) is 0 Å². The lowest BCUT2D eigenvalue weighted by Crippen LogP contribution is -2.19. The Hall–Kier alpha value is -3.34. The highest BCUT2D eigenvalue weighted by molar-refractivity contribution is 9.11. The second-order valence-corrected chi connectivity index (χ2v) is 11.8. The lowest BCUT2D eigenvalue weighted by Gasteiger charge is -2.12. The minimum Gasteiger partial charge on any atom is -0.496 e. The molecule has 5 aromatic rings. The van der Waals surface area contributed by atoms with Crippen molar-refractivity contribution in [3.05, 3.63) is 114 Å².